The molecule has 0 saturated carbocycles. The fourth-order valence-electron chi connectivity index (χ4n) is 1.93. The van der Waals surface area contributed by atoms with Gasteiger partial charge in [-0.1, -0.05) is 4.76 Å². The lowest BCUT2D eigenvalue weighted by molar-refractivity contribution is -0.384. The molecule has 10 heteroatoms. The second-order valence-corrected chi connectivity index (χ2v) is 7.20. The van der Waals surface area contributed by atoms with Crippen LogP contribution in [0.4, 0.5) is 11.4 Å². The molecule has 7 nitrogen and oxygen atoms in total. The van der Waals surface area contributed by atoms with Gasteiger partial charge in [-0.2, -0.15) is 9.98 Å². The Kier molecular flexibility index (Phi) is 5.35. The summed E-state index contributed by atoms with van der Waals surface area (Å²) in [5, 5.41) is 13.7. The fourth-order valence-corrected chi connectivity index (χ4v) is 4.48. The molecule has 0 spiro atoms. The van der Waals surface area contributed by atoms with Gasteiger partial charge in [-0.25, -0.2) is 0 Å². The van der Waals surface area contributed by atoms with E-state index >= 15 is 0 Å². The van der Waals surface area contributed by atoms with Gasteiger partial charge in [-0.15, -0.1) is 27.9 Å². The minimum atomic E-state index is -3.03. The van der Waals surface area contributed by atoms with Gasteiger partial charge in [-0.3, -0.25) is 10.1 Å². The lowest BCUT2D eigenvalue weighted by Gasteiger charge is -2.28. The predicted molar refractivity (Wildman–Crippen MR) is 86.5 cm³/mol. The largest absolute Gasteiger partial charge is 0.437 e. The molecule has 1 atom stereocenters. The number of fused-ring (bicyclic) bond motifs is 1. The van der Waals surface area contributed by atoms with Gasteiger partial charge in [0.25, 0.3) is 5.69 Å². The highest BCUT2D eigenvalue weighted by atomic mass is 35.5. The van der Waals surface area contributed by atoms with E-state index in [1.165, 1.54) is 18.3 Å². The van der Waals surface area contributed by atoms with Crippen molar-refractivity contribution in [2.75, 3.05) is 29.9 Å². The van der Waals surface area contributed by atoms with E-state index in [4.69, 9.17) is 23.2 Å². The van der Waals surface area contributed by atoms with Crippen molar-refractivity contribution in [2.24, 2.45) is 4.76 Å². The van der Waals surface area contributed by atoms with E-state index < -0.39 is 12.9 Å². The van der Waals surface area contributed by atoms with Crippen LogP contribution in [-0.2, 0) is 0 Å². The number of hydrogen-bond acceptors (Lipinski definition) is 6. The molecule has 1 aliphatic rings. The molecule has 21 heavy (non-hydrogen) atoms. The molecule has 1 heterocycles. The lowest BCUT2D eigenvalue weighted by Crippen LogP contribution is -2.32. The van der Waals surface area contributed by atoms with Crippen molar-refractivity contribution in [3.8, 4) is 0 Å². The molecule has 0 amide bonds. The first-order valence-electron chi connectivity index (χ1n) is 6.11. The maximum absolute atomic E-state index is 10.8. The van der Waals surface area contributed by atoms with Crippen LogP contribution in [-0.4, -0.2) is 45.6 Å². The van der Waals surface area contributed by atoms with Crippen molar-refractivity contribution < 1.29 is 9.82 Å². The molecule has 2 N–H and O–H groups in total. The van der Waals surface area contributed by atoms with Crippen LogP contribution < -0.4 is 5.09 Å². The van der Waals surface area contributed by atoms with Gasteiger partial charge in [0.1, 0.15) is 0 Å². The van der Waals surface area contributed by atoms with E-state index in [-0.39, 0.29) is 5.69 Å². The van der Waals surface area contributed by atoms with Crippen LogP contribution in [0.2, 0.25) is 0 Å². The smallest absolute Gasteiger partial charge is 0.258 e. The Bertz CT molecular complexity index is 568. The summed E-state index contributed by atoms with van der Waals surface area (Å²) in [4.78, 5) is 21.1. The van der Waals surface area contributed by atoms with Gasteiger partial charge < -0.3 is 0 Å². The number of hydrogen-bond donors (Lipinski definition) is 2. The number of rotatable bonds is 6. The zero-order valence-corrected chi connectivity index (χ0v) is 13.4. The van der Waals surface area contributed by atoms with Gasteiger partial charge >= 0.3 is 7.94 Å². The molecule has 0 aliphatic carbocycles. The minimum absolute atomic E-state index is 0.0515. The van der Waals surface area contributed by atoms with Crippen LogP contribution in [0.15, 0.2) is 23.0 Å². The third-order valence-corrected chi connectivity index (χ3v) is 5.46. The molecule has 0 fully saturated rings. The number of benzene rings is 1. The zero-order chi connectivity index (χ0) is 15.5. The molecule has 0 bridgehead atoms. The van der Waals surface area contributed by atoms with Gasteiger partial charge in [0.2, 0.25) is 0 Å². The third-order valence-electron chi connectivity index (χ3n) is 2.96. The average Bonchev–Trinajstić information content (AvgIpc) is 2.46. The summed E-state index contributed by atoms with van der Waals surface area (Å²) < 4.78 is 5.86. The number of anilines is 1. The number of alkyl halides is 2. The molecule has 0 aromatic heterocycles. The molecule has 2 rings (SSSR count). The van der Waals surface area contributed by atoms with Crippen LogP contribution >= 0.6 is 31.1 Å². The Morgan fingerprint density at radius 3 is 2.62 bits per heavy atom. The van der Waals surface area contributed by atoms with Crippen molar-refractivity contribution in [2.45, 2.75) is 0 Å². The quantitative estimate of drug-likeness (QED) is 0.356. The van der Waals surface area contributed by atoms with E-state index in [1.807, 2.05) is 0 Å². The fraction of sp³-hybridized carbons (Fsp3) is 0.364. The molecule has 1 aromatic rings. The zero-order valence-electron chi connectivity index (χ0n) is 10.9. The summed E-state index contributed by atoms with van der Waals surface area (Å²) in [6.07, 6.45) is 1.51. The maximum atomic E-state index is 10.8. The Morgan fingerprint density at radius 2 is 2.05 bits per heavy atom. The van der Waals surface area contributed by atoms with Crippen LogP contribution in [0, 0.1) is 10.1 Å². The Hall–Kier alpha value is -0.980. The summed E-state index contributed by atoms with van der Waals surface area (Å²) in [5.74, 6) is 0.635. The molecule has 1 aliphatic heterocycles. The molecule has 1 unspecified atom stereocenters. The molecule has 0 saturated heterocycles. The van der Waals surface area contributed by atoms with Gasteiger partial charge in [0.05, 0.1) is 29.9 Å². The number of nitrogens with one attached hydrogen (secondary N) is 1. The molecular weight excluding hydrogens is 338 g/mol. The summed E-state index contributed by atoms with van der Waals surface area (Å²) >= 11 is 11.5. The van der Waals surface area contributed by atoms with Crippen molar-refractivity contribution in [1.29, 1.82) is 0 Å². The van der Waals surface area contributed by atoms with Crippen LogP contribution in [0.5, 0.6) is 0 Å². The lowest BCUT2D eigenvalue weighted by atomic mass is 10.2. The number of halogens is 2. The summed E-state index contributed by atoms with van der Waals surface area (Å²) in [6, 6.07) is 4.36. The van der Waals surface area contributed by atoms with Crippen molar-refractivity contribution in [3.63, 3.8) is 0 Å². The Labute approximate surface area is 132 Å². The number of non-ortho nitro benzene ring substituents is 1. The summed E-state index contributed by atoms with van der Waals surface area (Å²) in [6.45, 7) is 0.820. The van der Waals surface area contributed by atoms with E-state index in [2.05, 4.69) is 9.85 Å². The van der Waals surface area contributed by atoms with E-state index in [1.54, 1.807) is 10.7 Å². The van der Waals surface area contributed by atoms with Crippen molar-refractivity contribution >= 4 is 48.7 Å². The topological polar surface area (TPSA) is 91.0 Å². The first-order valence-corrected chi connectivity index (χ1v) is 8.83. The molecule has 114 valence electrons. The van der Waals surface area contributed by atoms with Gasteiger partial charge in [0, 0.05) is 29.5 Å². The first kappa shape index (κ1) is 16.4. The predicted octanol–water partition coefficient (Wildman–Crippen LogP) is 2.89. The Morgan fingerprint density at radius 1 is 1.38 bits per heavy atom. The molecular formula is C11H14Cl2N4O3P+. The number of nitrogens with zero attached hydrogens (tertiary/aromatic N) is 3. The first-order chi connectivity index (χ1) is 10.00. The number of nitro groups is 1. The second-order valence-electron chi connectivity index (χ2n) is 4.28. The number of nitro benzene ring substituents is 1. The summed E-state index contributed by atoms with van der Waals surface area (Å²) in [7, 11) is -3.03. The normalized spacial score (nSPS) is 20.2. The second kappa shape index (κ2) is 6.85. The highest BCUT2D eigenvalue weighted by Gasteiger charge is 2.46. The highest BCUT2D eigenvalue weighted by Crippen LogP contribution is 2.60. The van der Waals surface area contributed by atoms with E-state index in [0.29, 0.717) is 36.1 Å². The molecule has 1 aromatic carbocycles. The van der Waals surface area contributed by atoms with Crippen molar-refractivity contribution in [3.05, 3.63) is 33.9 Å². The third kappa shape index (κ3) is 3.62. The minimum Gasteiger partial charge on any atom is -0.258 e. The standard InChI is InChI=1S/C11H14Cl2N4O3P/c12-3-5-16(6-4-13)21(20)14-8-9-1-2-10(17(18)19)7-11(9)15-21/h1-2,7-8,15,20H,3-6H2/q+1. The van der Waals surface area contributed by atoms with E-state index in [9.17, 15) is 15.0 Å². The maximum Gasteiger partial charge on any atom is 0.437 e. The summed E-state index contributed by atoms with van der Waals surface area (Å²) in [5.41, 5.74) is 1.11. The highest BCUT2D eigenvalue weighted by molar-refractivity contribution is 7.68. The average molecular weight is 352 g/mol. The van der Waals surface area contributed by atoms with Crippen LogP contribution in [0.25, 0.3) is 0 Å². The van der Waals surface area contributed by atoms with E-state index in [0.717, 1.165) is 0 Å². The van der Waals surface area contributed by atoms with Gasteiger partial charge in [-0.05, 0) is 6.07 Å². The van der Waals surface area contributed by atoms with Crippen LogP contribution in [0.1, 0.15) is 5.56 Å². The van der Waals surface area contributed by atoms with Crippen LogP contribution in [0.3, 0.4) is 0 Å². The van der Waals surface area contributed by atoms with Crippen molar-refractivity contribution in [1.82, 2.24) is 4.67 Å². The van der Waals surface area contributed by atoms with Gasteiger partial charge in [0.15, 0.2) is 0 Å². The monoisotopic (exact) mass is 351 g/mol. The SMILES string of the molecule is O=[N+]([O-])c1ccc2c(c1)N[P+](O)(N(CCCl)CCCl)N=C2. The Balaban J connectivity index is 2.31. The molecule has 0 radical (unpaired) electrons.